The number of nitrogens with one attached hydrogen (secondary N) is 1. The SMILES string of the molecule is CCN(c1ncnc(NN)c1[N+](=O)[O-])C1CCCC1. The number of hydrazine groups is 1. The molecule has 1 fully saturated rings. The smallest absolute Gasteiger partial charge is 0.348 e. The van der Waals surface area contributed by atoms with Crippen LogP contribution in [0.2, 0.25) is 0 Å². The third-order valence-corrected chi connectivity index (χ3v) is 3.50. The topological polar surface area (TPSA) is 110 Å². The highest BCUT2D eigenvalue weighted by Crippen LogP contribution is 2.35. The minimum absolute atomic E-state index is 0.0476. The van der Waals surface area contributed by atoms with Gasteiger partial charge in [0.2, 0.25) is 11.6 Å². The molecule has 3 N–H and O–H groups in total. The van der Waals surface area contributed by atoms with Crippen molar-refractivity contribution >= 4 is 17.3 Å². The fourth-order valence-corrected chi connectivity index (χ4v) is 2.65. The molecule has 8 nitrogen and oxygen atoms in total. The van der Waals surface area contributed by atoms with E-state index in [9.17, 15) is 10.1 Å². The Morgan fingerprint density at radius 3 is 2.74 bits per heavy atom. The molecule has 0 aliphatic heterocycles. The van der Waals surface area contributed by atoms with Crippen LogP contribution in [0.5, 0.6) is 0 Å². The fraction of sp³-hybridized carbons (Fsp3) is 0.636. The van der Waals surface area contributed by atoms with Gasteiger partial charge in [0, 0.05) is 12.6 Å². The summed E-state index contributed by atoms with van der Waals surface area (Å²) in [7, 11) is 0. The molecule has 104 valence electrons. The van der Waals surface area contributed by atoms with E-state index < -0.39 is 4.92 Å². The molecular formula is C11H18N6O2. The van der Waals surface area contributed by atoms with Crippen LogP contribution in [0.15, 0.2) is 6.33 Å². The molecule has 2 rings (SSSR count). The van der Waals surface area contributed by atoms with E-state index >= 15 is 0 Å². The van der Waals surface area contributed by atoms with Crippen LogP contribution in [0, 0.1) is 10.1 Å². The normalized spacial score (nSPS) is 15.5. The van der Waals surface area contributed by atoms with Gasteiger partial charge < -0.3 is 10.3 Å². The van der Waals surface area contributed by atoms with Crippen LogP contribution in [0.4, 0.5) is 17.3 Å². The molecule has 0 unspecified atom stereocenters. The summed E-state index contributed by atoms with van der Waals surface area (Å²) in [6.45, 7) is 2.65. The van der Waals surface area contributed by atoms with E-state index in [2.05, 4.69) is 15.4 Å². The zero-order valence-electron chi connectivity index (χ0n) is 10.9. The summed E-state index contributed by atoms with van der Waals surface area (Å²) in [5, 5.41) is 11.2. The summed E-state index contributed by atoms with van der Waals surface area (Å²) >= 11 is 0. The largest absolute Gasteiger partial charge is 0.354 e. The van der Waals surface area contributed by atoms with E-state index in [-0.39, 0.29) is 11.5 Å². The van der Waals surface area contributed by atoms with Crippen molar-refractivity contribution in [2.75, 3.05) is 16.9 Å². The number of hydrogen-bond acceptors (Lipinski definition) is 7. The number of nitrogen functional groups attached to an aromatic ring is 1. The van der Waals surface area contributed by atoms with Gasteiger partial charge in [-0.2, -0.15) is 0 Å². The highest BCUT2D eigenvalue weighted by Gasteiger charge is 2.31. The van der Waals surface area contributed by atoms with Crippen LogP contribution in [0.3, 0.4) is 0 Å². The van der Waals surface area contributed by atoms with Crippen LogP contribution in [0.25, 0.3) is 0 Å². The Morgan fingerprint density at radius 1 is 1.53 bits per heavy atom. The molecule has 19 heavy (non-hydrogen) atoms. The summed E-state index contributed by atoms with van der Waals surface area (Å²) in [5.74, 6) is 5.69. The molecule has 0 aromatic carbocycles. The van der Waals surface area contributed by atoms with Crippen molar-refractivity contribution in [1.82, 2.24) is 9.97 Å². The number of nitro groups is 1. The van der Waals surface area contributed by atoms with E-state index in [0.29, 0.717) is 18.4 Å². The summed E-state index contributed by atoms with van der Waals surface area (Å²) in [5.41, 5.74) is 2.11. The highest BCUT2D eigenvalue weighted by atomic mass is 16.6. The maximum Gasteiger partial charge on any atom is 0.354 e. The summed E-state index contributed by atoms with van der Waals surface area (Å²) in [6, 6.07) is 0.309. The second kappa shape index (κ2) is 5.79. The Labute approximate surface area is 111 Å². The van der Waals surface area contributed by atoms with Gasteiger partial charge >= 0.3 is 5.69 Å². The molecule has 8 heteroatoms. The Morgan fingerprint density at radius 2 is 2.21 bits per heavy atom. The Bertz CT molecular complexity index is 460. The highest BCUT2D eigenvalue weighted by molar-refractivity contribution is 5.70. The molecule has 0 spiro atoms. The number of nitrogens with zero attached hydrogens (tertiary/aromatic N) is 4. The third kappa shape index (κ3) is 2.58. The summed E-state index contributed by atoms with van der Waals surface area (Å²) < 4.78 is 0. The van der Waals surface area contributed by atoms with Crippen molar-refractivity contribution in [3.05, 3.63) is 16.4 Å². The lowest BCUT2D eigenvalue weighted by atomic mass is 10.2. The second-order valence-corrected chi connectivity index (χ2v) is 4.52. The number of hydrogen-bond donors (Lipinski definition) is 2. The molecule has 0 bridgehead atoms. The number of anilines is 2. The van der Waals surface area contributed by atoms with E-state index in [1.165, 1.54) is 6.33 Å². The maximum absolute atomic E-state index is 11.2. The van der Waals surface area contributed by atoms with Crippen molar-refractivity contribution in [3.63, 3.8) is 0 Å². The molecule has 1 aromatic heterocycles. The van der Waals surface area contributed by atoms with Gasteiger partial charge in [-0.15, -0.1) is 0 Å². The first-order valence-corrected chi connectivity index (χ1v) is 6.41. The van der Waals surface area contributed by atoms with Gasteiger partial charge in [0.15, 0.2) is 0 Å². The van der Waals surface area contributed by atoms with Crippen molar-refractivity contribution in [2.24, 2.45) is 5.84 Å². The van der Waals surface area contributed by atoms with Crippen LogP contribution in [0.1, 0.15) is 32.6 Å². The molecule has 1 heterocycles. The van der Waals surface area contributed by atoms with E-state index in [1.807, 2.05) is 11.8 Å². The van der Waals surface area contributed by atoms with Gasteiger partial charge in [0.25, 0.3) is 0 Å². The lowest BCUT2D eigenvalue weighted by Crippen LogP contribution is -2.34. The number of nitrogens with two attached hydrogens (primary N) is 1. The molecule has 1 aliphatic carbocycles. The van der Waals surface area contributed by atoms with Gasteiger partial charge in [0.1, 0.15) is 6.33 Å². The van der Waals surface area contributed by atoms with Gasteiger partial charge in [-0.1, -0.05) is 12.8 Å². The third-order valence-electron chi connectivity index (χ3n) is 3.50. The zero-order chi connectivity index (χ0) is 13.8. The molecule has 0 radical (unpaired) electrons. The molecule has 0 saturated heterocycles. The van der Waals surface area contributed by atoms with Crippen molar-refractivity contribution in [2.45, 2.75) is 38.6 Å². The van der Waals surface area contributed by atoms with E-state index in [1.54, 1.807) is 0 Å². The predicted octanol–water partition coefficient (Wildman–Crippen LogP) is 1.44. The van der Waals surface area contributed by atoms with Crippen molar-refractivity contribution in [3.8, 4) is 0 Å². The van der Waals surface area contributed by atoms with Crippen LogP contribution in [-0.2, 0) is 0 Å². The van der Waals surface area contributed by atoms with Crippen LogP contribution >= 0.6 is 0 Å². The Kier molecular flexibility index (Phi) is 4.10. The average Bonchev–Trinajstić information content (AvgIpc) is 2.93. The van der Waals surface area contributed by atoms with Crippen LogP contribution in [-0.4, -0.2) is 27.5 Å². The minimum atomic E-state index is -0.484. The average molecular weight is 266 g/mol. The zero-order valence-corrected chi connectivity index (χ0v) is 10.9. The number of rotatable bonds is 5. The molecule has 0 amide bonds. The molecule has 1 aliphatic rings. The first-order valence-electron chi connectivity index (χ1n) is 6.41. The molecule has 1 saturated carbocycles. The second-order valence-electron chi connectivity index (χ2n) is 4.52. The van der Waals surface area contributed by atoms with Gasteiger partial charge in [-0.05, 0) is 19.8 Å². The summed E-state index contributed by atoms with van der Waals surface area (Å²) in [6.07, 6.45) is 5.69. The fourth-order valence-electron chi connectivity index (χ4n) is 2.65. The van der Waals surface area contributed by atoms with E-state index in [0.717, 1.165) is 25.7 Å². The first kappa shape index (κ1) is 13.5. The maximum atomic E-state index is 11.2. The van der Waals surface area contributed by atoms with Crippen molar-refractivity contribution in [1.29, 1.82) is 0 Å². The monoisotopic (exact) mass is 266 g/mol. The lowest BCUT2D eigenvalue weighted by Gasteiger charge is -2.28. The van der Waals surface area contributed by atoms with Gasteiger partial charge in [0.05, 0.1) is 4.92 Å². The standard InChI is InChI=1S/C11H18N6O2/c1-2-16(8-5-3-4-6-8)11-9(17(18)19)10(15-12)13-7-14-11/h7-8H,2-6,12H2,1H3,(H,13,14,15). The lowest BCUT2D eigenvalue weighted by molar-refractivity contribution is -0.383. The van der Waals surface area contributed by atoms with Gasteiger partial charge in [-0.25, -0.2) is 15.8 Å². The van der Waals surface area contributed by atoms with E-state index in [4.69, 9.17) is 5.84 Å². The Hall–Kier alpha value is -1.96. The summed E-state index contributed by atoms with van der Waals surface area (Å²) in [4.78, 5) is 20.6. The van der Waals surface area contributed by atoms with Gasteiger partial charge in [-0.3, -0.25) is 10.1 Å². The molecule has 1 aromatic rings. The quantitative estimate of drug-likeness (QED) is 0.471. The molecular weight excluding hydrogens is 248 g/mol. The number of aromatic nitrogens is 2. The minimum Gasteiger partial charge on any atom is -0.348 e. The molecule has 0 atom stereocenters. The van der Waals surface area contributed by atoms with Crippen molar-refractivity contribution < 1.29 is 4.92 Å². The first-order chi connectivity index (χ1) is 9.19. The predicted molar refractivity (Wildman–Crippen MR) is 71.8 cm³/mol. The van der Waals surface area contributed by atoms with Crippen LogP contribution < -0.4 is 16.2 Å². The Balaban J connectivity index is 2.43.